The van der Waals surface area contributed by atoms with Crippen LogP contribution in [0.5, 0.6) is 0 Å². The van der Waals surface area contributed by atoms with Gasteiger partial charge < -0.3 is 5.32 Å². The fourth-order valence-electron chi connectivity index (χ4n) is 2.48. The summed E-state index contributed by atoms with van der Waals surface area (Å²) in [5, 5.41) is 3.76. The molecule has 1 heteroatoms. The molecule has 1 aliphatic carbocycles. The molecule has 2 unspecified atom stereocenters. The van der Waals surface area contributed by atoms with Crippen LogP contribution in [-0.4, -0.2) is 12.1 Å². The first-order chi connectivity index (χ1) is 7.34. The molecular formula is C15H27N. The molecular weight excluding hydrogens is 194 g/mol. The van der Waals surface area contributed by atoms with Crippen molar-refractivity contribution in [3.05, 3.63) is 24.3 Å². The van der Waals surface area contributed by atoms with Crippen molar-refractivity contribution in [2.45, 2.75) is 59.5 Å². The molecule has 1 aliphatic rings. The third kappa shape index (κ3) is 3.21. The van der Waals surface area contributed by atoms with Gasteiger partial charge in [-0.1, -0.05) is 52.0 Å². The number of hydrogen-bond acceptors (Lipinski definition) is 1. The molecule has 0 spiro atoms. The Hall–Kier alpha value is -0.560. The first kappa shape index (κ1) is 13.5. The number of nitrogens with one attached hydrogen (secondary N) is 1. The summed E-state index contributed by atoms with van der Waals surface area (Å²) in [6.45, 7) is 15.4. The van der Waals surface area contributed by atoms with Gasteiger partial charge in [0.25, 0.3) is 0 Å². The first-order valence-electron chi connectivity index (χ1n) is 6.42. The Bertz CT molecular complexity index is 273. The lowest BCUT2D eigenvalue weighted by molar-refractivity contribution is 0.228. The SMILES string of the molecule is C=C(C)C(NC1C=CCCC1(C)C)C(C)C. The Labute approximate surface area is 101 Å². The van der Waals surface area contributed by atoms with Crippen LogP contribution >= 0.6 is 0 Å². The normalized spacial score (nSPS) is 25.8. The number of hydrogen-bond donors (Lipinski definition) is 1. The molecule has 0 amide bonds. The minimum Gasteiger partial charge on any atom is -0.303 e. The van der Waals surface area contributed by atoms with Crippen LogP contribution in [0.25, 0.3) is 0 Å². The van der Waals surface area contributed by atoms with Crippen LogP contribution in [0.4, 0.5) is 0 Å². The van der Waals surface area contributed by atoms with E-state index in [1.54, 1.807) is 0 Å². The standard InChI is InChI=1S/C15H27N/c1-11(2)14(12(3)4)16-13-9-7-8-10-15(13,5)6/h7,9,12-14,16H,1,8,10H2,2-6H3. The molecule has 0 aromatic carbocycles. The van der Waals surface area contributed by atoms with E-state index in [0.29, 0.717) is 23.4 Å². The second-order valence-corrected chi connectivity index (χ2v) is 6.17. The average Bonchev–Trinajstić information content (AvgIpc) is 2.14. The van der Waals surface area contributed by atoms with E-state index >= 15 is 0 Å². The molecule has 1 rings (SSSR count). The quantitative estimate of drug-likeness (QED) is 0.709. The van der Waals surface area contributed by atoms with Crippen molar-refractivity contribution in [1.29, 1.82) is 0 Å². The highest BCUT2D eigenvalue weighted by Crippen LogP contribution is 2.32. The molecule has 0 aromatic rings. The minimum absolute atomic E-state index is 0.358. The van der Waals surface area contributed by atoms with Crippen molar-refractivity contribution in [3.63, 3.8) is 0 Å². The fraction of sp³-hybridized carbons (Fsp3) is 0.733. The summed E-state index contributed by atoms with van der Waals surface area (Å²) in [6.07, 6.45) is 7.12. The van der Waals surface area contributed by atoms with E-state index in [1.807, 2.05) is 0 Å². The predicted molar refractivity (Wildman–Crippen MR) is 72.5 cm³/mol. The van der Waals surface area contributed by atoms with Gasteiger partial charge in [0, 0.05) is 12.1 Å². The number of rotatable bonds is 4. The van der Waals surface area contributed by atoms with Gasteiger partial charge in [-0.05, 0) is 31.1 Å². The molecule has 16 heavy (non-hydrogen) atoms. The van der Waals surface area contributed by atoms with E-state index in [4.69, 9.17) is 0 Å². The van der Waals surface area contributed by atoms with Crippen LogP contribution in [-0.2, 0) is 0 Å². The van der Waals surface area contributed by atoms with Crippen LogP contribution in [0.3, 0.4) is 0 Å². The zero-order valence-corrected chi connectivity index (χ0v) is 11.5. The molecule has 0 bridgehead atoms. The molecule has 0 saturated carbocycles. The molecule has 2 atom stereocenters. The van der Waals surface area contributed by atoms with Gasteiger partial charge in [0.15, 0.2) is 0 Å². The Morgan fingerprint density at radius 1 is 1.44 bits per heavy atom. The maximum Gasteiger partial charge on any atom is 0.0307 e. The van der Waals surface area contributed by atoms with Crippen molar-refractivity contribution < 1.29 is 0 Å². The summed E-state index contributed by atoms with van der Waals surface area (Å²) >= 11 is 0. The lowest BCUT2D eigenvalue weighted by Gasteiger charge is -2.39. The summed E-state index contributed by atoms with van der Waals surface area (Å²) in [7, 11) is 0. The van der Waals surface area contributed by atoms with Crippen LogP contribution in [0.2, 0.25) is 0 Å². The molecule has 1 nitrogen and oxygen atoms in total. The van der Waals surface area contributed by atoms with Gasteiger partial charge >= 0.3 is 0 Å². The third-order valence-electron chi connectivity index (χ3n) is 3.68. The Balaban J connectivity index is 2.74. The van der Waals surface area contributed by atoms with Crippen molar-refractivity contribution in [2.24, 2.45) is 11.3 Å². The van der Waals surface area contributed by atoms with Gasteiger partial charge in [-0.25, -0.2) is 0 Å². The smallest absolute Gasteiger partial charge is 0.0307 e. The molecule has 0 fully saturated rings. The van der Waals surface area contributed by atoms with E-state index in [0.717, 1.165) is 0 Å². The molecule has 0 aliphatic heterocycles. The summed E-state index contributed by atoms with van der Waals surface area (Å²) < 4.78 is 0. The zero-order chi connectivity index (χ0) is 12.3. The van der Waals surface area contributed by atoms with E-state index < -0.39 is 0 Å². The largest absolute Gasteiger partial charge is 0.303 e. The first-order valence-corrected chi connectivity index (χ1v) is 6.42. The van der Waals surface area contributed by atoms with Gasteiger partial charge in [0.05, 0.1) is 0 Å². The van der Waals surface area contributed by atoms with Gasteiger partial charge in [0.2, 0.25) is 0 Å². The second kappa shape index (κ2) is 5.18. The summed E-state index contributed by atoms with van der Waals surface area (Å²) in [5.41, 5.74) is 1.60. The maximum atomic E-state index is 4.10. The van der Waals surface area contributed by atoms with Crippen molar-refractivity contribution >= 4 is 0 Å². The Morgan fingerprint density at radius 2 is 2.06 bits per heavy atom. The molecule has 0 aromatic heterocycles. The highest BCUT2D eigenvalue weighted by Gasteiger charge is 2.31. The lowest BCUT2D eigenvalue weighted by atomic mass is 9.76. The van der Waals surface area contributed by atoms with E-state index in [9.17, 15) is 0 Å². The third-order valence-corrected chi connectivity index (χ3v) is 3.68. The average molecular weight is 221 g/mol. The molecule has 1 N–H and O–H groups in total. The van der Waals surface area contributed by atoms with Gasteiger partial charge in [-0.15, -0.1) is 0 Å². The maximum absolute atomic E-state index is 4.10. The van der Waals surface area contributed by atoms with E-state index in [2.05, 4.69) is 58.7 Å². The Kier molecular flexibility index (Phi) is 4.37. The molecule has 0 heterocycles. The van der Waals surface area contributed by atoms with Crippen LogP contribution in [0, 0.1) is 11.3 Å². The molecule has 0 saturated heterocycles. The predicted octanol–water partition coefficient (Wildman–Crippen LogP) is 3.92. The summed E-state index contributed by atoms with van der Waals surface area (Å²) in [6, 6.07) is 0.900. The second-order valence-electron chi connectivity index (χ2n) is 6.17. The summed E-state index contributed by atoms with van der Waals surface area (Å²) in [4.78, 5) is 0. The van der Waals surface area contributed by atoms with Gasteiger partial charge in [-0.2, -0.15) is 0 Å². The fourth-order valence-corrected chi connectivity index (χ4v) is 2.48. The van der Waals surface area contributed by atoms with Crippen molar-refractivity contribution in [1.82, 2.24) is 5.32 Å². The minimum atomic E-state index is 0.358. The van der Waals surface area contributed by atoms with E-state index in [1.165, 1.54) is 18.4 Å². The van der Waals surface area contributed by atoms with Crippen molar-refractivity contribution in [3.8, 4) is 0 Å². The highest BCUT2D eigenvalue weighted by atomic mass is 15.0. The lowest BCUT2D eigenvalue weighted by Crippen LogP contribution is -2.49. The number of allylic oxidation sites excluding steroid dienone is 1. The summed E-state index contributed by atoms with van der Waals surface area (Å²) in [5.74, 6) is 0.601. The topological polar surface area (TPSA) is 12.0 Å². The van der Waals surface area contributed by atoms with Crippen LogP contribution < -0.4 is 5.32 Å². The zero-order valence-electron chi connectivity index (χ0n) is 11.5. The monoisotopic (exact) mass is 221 g/mol. The van der Waals surface area contributed by atoms with Gasteiger partial charge in [0.1, 0.15) is 0 Å². The van der Waals surface area contributed by atoms with E-state index in [-0.39, 0.29) is 0 Å². The van der Waals surface area contributed by atoms with Crippen molar-refractivity contribution in [2.75, 3.05) is 0 Å². The van der Waals surface area contributed by atoms with Crippen LogP contribution in [0.1, 0.15) is 47.5 Å². The van der Waals surface area contributed by atoms with Crippen LogP contribution in [0.15, 0.2) is 24.3 Å². The van der Waals surface area contributed by atoms with Gasteiger partial charge in [-0.3, -0.25) is 0 Å². The molecule has 0 radical (unpaired) electrons. The molecule has 92 valence electrons. The highest BCUT2D eigenvalue weighted by molar-refractivity contribution is 5.11. The Morgan fingerprint density at radius 3 is 2.50 bits per heavy atom.